The van der Waals surface area contributed by atoms with E-state index in [-0.39, 0.29) is 18.0 Å². The quantitative estimate of drug-likeness (QED) is 0.433. The standard InChI is InChI=1S/C22H25N7OS/c1-14(2)29-27-20(26-28-29)15-8-10-16(11-9-15)22(30)25-19(12-13-31-3)21-23-17-6-4-5-7-18(17)24-21/h4-11,14,19H,12-13H2,1-3H3,(H,23,24)(H,25,30). The maximum Gasteiger partial charge on any atom is 0.251 e. The fourth-order valence-corrected chi connectivity index (χ4v) is 3.69. The fraction of sp³-hybridized carbons (Fsp3) is 0.318. The van der Waals surface area contributed by atoms with Gasteiger partial charge in [-0.3, -0.25) is 4.79 Å². The Labute approximate surface area is 184 Å². The van der Waals surface area contributed by atoms with Crippen molar-refractivity contribution in [2.45, 2.75) is 32.4 Å². The number of nitrogens with one attached hydrogen (secondary N) is 2. The third-order valence-electron chi connectivity index (χ3n) is 4.95. The molecule has 2 aromatic carbocycles. The summed E-state index contributed by atoms with van der Waals surface area (Å²) in [7, 11) is 0. The summed E-state index contributed by atoms with van der Waals surface area (Å²) >= 11 is 1.74. The number of aromatic amines is 1. The van der Waals surface area contributed by atoms with Crippen molar-refractivity contribution < 1.29 is 4.79 Å². The zero-order valence-corrected chi connectivity index (χ0v) is 18.6. The van der Waals surface area contributed by atoms with Crippen molar-refractivity contribution in [2.24, 2.45) is 0 Å². The molecule has 0 aliphatic heterocycles. The number of nitrogens with zero attached hydrogens (tertiary/aromatic N) is 5. The summed E-state index contributed by atoms with van der Waals surface area (Å²) in [4.78, 5) is 22.5. The summed E-state index contributed by atoms with van der Waals surface area (Å²) in [6, 6.07) is 15.1. The minimum Gasteiger partial charge on any atom is -0.342 e. The van der Waals surface area contributed by atoms with Gasteiger partial charge in [0.25, 0.3) is 5.91 Å². The maximum atomic E-state index is 12.9. The molecule has 1 amide bonds. The number of amides is 1. The van der Waals surface area contributed by atoms with Crippen LogP contribution < -0.4 is 5.32 Å². The molecule has 160 valence electrons. The Hall–Kier alpha value is -3.20. The van der Waals surface area contributed by atoms with Gasteiger partial charge in [0.2, 0.25) is 5.82 Å². The van der Waals surface area contributed by atoms with Gasteiger partial charge in [0, 0.05) is 11.1 Å². The van der Waals surface area contributed by atoms with Crippen LogP contribution in [0.25, 0.3) is 22.4 Å². The van der Waals surface area contributed by atoms with Gasteiger partial charge in [0.15, 0.2) is 0 Å². The maximum absolute atomic E-state index is 12.9. The lowest BCUT2D eigenvalue weighted by molar-refractivity contribution is 0.0934. The third kappa shape index (κ3) is 4.77. The molecule has 2 aromatic heterocycles. The van der Waals surface area contributed by atoms with E-state index in [9.17, 15) is 4.79 Å². The molecule has 2 N–H and O–H groups in total. The molecule has 0 aliphatic rings. The highest BCUT2D eigenvalue weighted by Crippen LogP contribution is 2.21. The van der Waals surface area contributed by atoms with Crippen LogP contribution in [-0.2, 0) is 0 Å². The summed E-state index contributed by atoms with van der Waals surface area (Å²) < 4.78 is 0. The Morgan fingerprint density at radius 3 is 2.61 bits per heavy atom. The predicted molar refractivity (Wildman–Crippen MR) is 123 cm³/mol. The van der Waals surface area contributed by atoms with E-state index in [2.05, 4.69) is 37.0 Å². The van der Waals surface area contributed by atoms with Crippen molar-refractivity contribution in [1.29, 1.82) is 0 Å². The summed E-state index contributed by atoms with van der Waals surface area (Å²) in [6.45, 7) is 3.99. The Balaban J connectivity index is 1.51. The second kappa shape index (κ2) is 9.30. The molecular weight excluding hydrogens is 410 g/mol. The minimum absolute atomic E-state index is 0.141. The van der Waals surface area contributed by atoms with Crippen LogP contribution in [-0.4, -0.2) is 48.1 Å². The summed E-state index contributed by atoms with van der Waals surface area (Å²) in [5, 5.41) is 15.7. The highest BCUT2D eigenvalue weighted by Gasteiger charge is 2.19. The van der Waals surface area contributed by atoms with E-state index in [0.717, 1.165) is 34.6 Å². The largest absolute Gasteiger partial charge is 0.342 e. The summed E-state index contributed by atoms with van der Waals surface area (Å²) in [5.41, 5.74) is 3.25. The number of para-hydroxylation sites is 2. The smallest absolute Gasteiger partial charge is 0.251 e. The normalized spacial score (nSPS) is 12.4. The average Bonchev–Trinajstić information content (AvgIpc) is 3.44. The summed E-state index contributed by atoms with van der Waals surface area (Å²) in [6.07, 6.45) is 2.84. The number of hydrogen-bond acceptors (Lipinski definition) is 6. The van der Waals surface area contributed by atoms with E-state index in [1.807, 2.05) is 50.2 Å². The topological polar surface area (TPSA) is 101 Å². The highest BCUT2D eigenvalue weighted by molar-refractivity contribution is 7.98. The number of thioether (sulfide) groups is 1. The molecule has 1 atom stereocenters. The molecule has 1 unspecified atom stereocenters. The molecule has 0 spiro atoms. The molecule has 4 rings (SSSR count). The average molecular weight is 436 g/mol. The second-order valence-electron chi connectivity index (χ2n) is 7.55. The van der Waals surface area contributed by atoms with Crippen LogP contribution in [0.1, 0.15) is 48.5 Å². The van der Waals surface area contributed by atoms with Gasteiger partial charge in [0.1, 0.15) is 5.82 Å². The van der Waals surface area contributed by atoms with E-state index in [1.54, 1.807) is 28.7 Å². The fourth-order valence-electron chi connectivity index (χ4n) is 3.22. The predicted octanol–water partition coefficient (Wildman–Crippen LogP) is 4.02. The first-order chi connectivity index (χ1) is 15.0. The molecule has 0 fully saturated rings. The van der Waals surface area contributed by atoms with Gasteiger partial charge in [-0.25, -0.2) is 4.98 Å². The number of H-pyrrole nitrogens is 1. The SMILES string of the molecule is CSCCC(NC(=O)c1ccc(-c2nnn(C(C)C)n2)cc1)c1nc2ccccc2[nH]1. The van der Waals surface area contributed by atoms with Crippen LogP contribution in [0, 0.1) is 0 Å². The number of imidazole rings is 1. The molecule has 8 nitrogen and oxygen atoms in total. The van der Waals surface area contributed by atoms with E-state index in [1.165, 1.54) is 0 Å². The Bertz CT molecular complexity index is 1130. The van der Waals surface area contributed by atoms with Gasteiger partial charge < -0.3 is 10.3 Å². The second-order valence-corrected chi connectivity index (χ2v) is 8.54. The first-order valence-electron chi connectivity index (χ1n) is 10.2. The van der Waals surface area contributed by atoms with Crippen LogP contribution in [0.15, 0.2) is 48.5 Å². The van der Waals surface area contributed by atoms with E-state index >= 15 is 0 Å². The number of hydrogen-bond donors (Lipinski definition) is 2. The van der Waals surface area contributed by atoms with Gasteiger partial charge >= 0.3 is 0 Å². The Kier molecular flexibility index (Phi) is 6.31. The third-order valence-corrected chi connectivity index (χ3v) is 5.59. The van der Waals surface area contributed by atoms with E-state index in [4.69, 9.17) is 0 Å². The first-order valence-corrected chi connectivity index (χ1v) is 11.6. The molecule has 9 heteroatoms. The van der Waals surface area contributed by atoms with Crippen LogP contribution >= 0.6 is 11.8 Å². The molecule has 0 aliphatic carbocycles. The number of rotatable bonds is 8. The molecule has 31 heavy (non-hydrogen) atoms. The van der Waals surface area contributed by atoms with Gasteiger partial charge in [-0.15, -0.1) is 10.2 Å². The van der Waals surface area contributed by atoms with Crippen molar-refractivity contribution in [1.82, 2.24) is 35.5 Å². The van der Waals surface area contributed by atoms with Crippen LogP contribution in [0.4, 0.5) is 0 Å². The van der Waals surface area contributed by atoms with E-state index in [0.29, 0.717) is 11.4 Å². The number of carbonyl (C=O) groups excluding carboxylic acids is 1. The number of tetrazole rings is 1. The van der Waals surface area contributed by atoms with Crippen LogP contribution in [0.5, 0.6) is 0 Å². The number of benzene rings is 2. The molecule has 0 saturated carbocycles. The molecule has 0 saturated heterocycles. The van der Waals surface area contributed by atoms with Gasteiger partial charge in [0.05, 0.1) is 23.1 Å². The minimum atomic E-state index is -0.195. The first kappa shape index (κ1) is 21.0. The van der Waals surface area contributed by atoms with Crippen molar-refractivity contribution >= 4 is 28.7 Å². The summed E-state index contributed by atoms with van der Waals surface area (Å²) in [5.74, 6) is 2.09. The molecule has 0 bridgehead atoms. The lowest BCUT2D eigenvalue weighted by Gasteiger charge is -2.16. The van der Waals surface area contributed by atoms with Gasteiger partial charge in [-0.2, -0.15) is 16.6 Å². The van der Waals surface area contributed by atoms with Gasteiger partial charge in [-0.1, -0.05) is 24.3 Å². The van der Waals surface area contributed by atoms with Crippen LogP contribution in [0.3, 0.4) is 0 Å². The van der Waals surface area contributed by atoms with Crippen molar-refractivity contribution in [2.75, 3.05) is 12.0 Å². The highest BCUT2D eigenvalue weighted by atomic mass is 32.2. The molecule has 2 heterocycles. The lowest BCUT2D eigenvalue weighted by atomic mass is 10.1. The lowest BCUT2D eigenvalue weighted by Crippen LogP contribution is -2.29. The zero-order chi connectivity index (χ0) is 21.8. The number of fused-ring (bicyclic) bond motifs is 1. The number of aromatic nitrogens is 6. The van der Waals surface area contributed by atoms with Crippen molar-refractivity contribution in [3.05, 3.63) is 59.9 Å². The molecule has 0 radical (unpaired) electrons. The van der Waals surface area contributed by atoms with E-state index < -0.39 is 0 Å². The number of carbonyl (C=O) groups is 1. The molecule has 4 aromatic rings. The van der Waals surface area contributed by atoms with Gasteiger partial charge in [-0.05, 0) is 61.8 Å². The molecular formula is C22H25N7OS. The van der Waals surface area contributed by atoms with Crippen LogP contribution in [0.2, 0.25) is 0 Å². The van der Waals surface area contributed by atoms with Crippen molar-refractivity contribution in [3.8, 4) is 11.4 Å². The Morgan fingerprint density at radius 2 is 1.94 bits per heavy atom. The zero-order valence-electron chi connectivity index (χ0n) is 17.7. The Morgan fingerprint density at radius 1 is 1.16 bits per heavy atom. The van der Waals surface area contributed by atoms with Crippen molar-refractivity contribution in [3.63, 3.8) is 0 Å². The monoisotopic (exact) mass is 435 g/mol.